The van der Waals surface area contributed by atoms with Crippen molar-refractivity contribution in [3.8, 4) is 17.2 Å². The molecule has 0 unspecified atom stereocenters. The number of carbonyl (C=O) groups excluding carboxylic acids is 1. The molecule has 0 fully saturated rings. The third kappa shape index (κ3) is 5.43. The van der Waals surface area contributed by atoms with Gasteiger partial charge in [0, 0.05) is 18.8 Å². The van der Waals surface area contributed by atoms with E-state index in [1.165, 1.54) is 19.2 Å². The molecule has 1 N–H and O–H groups in total. The van der Waals surface area contributed by atoms with E-state index in [1.807, 2.05) is 6.92 Å². The molecule has 0 aliphatic rings. The minimum atomic E-state index is -4.00. The van der Waals surface area contributed by atoms with Gasteiger partial charge in [0.25, 0.3) is 15.9 Å². The molecule has 0 aliphatic carbocycles. The summed E-state index contributed by atoms with van der Waals surface area (Å²) in [6.07, 6.45) is 0. The van der Waals surface area contributed by atoms with E-state index >= 15 is 0 Å². The summed E-state index contributed by atoms with van der Waals surface area (Å²) in [5, 5.41) is 2.79. The molecule has 0 aliphatic heterocycles. The maximum absolute atomic E-state index is 13.4. The van der Waals surface area contributed by atoms with Crippen molar-refractivity contribution in [1.82, 2.24) is 0 Å². The van der Waals surface area contributed by atoms with Crippen LogP contribution < -0.4 is 23.8 Å². The summed E-state index contributed by atoms with van der Waals surface area (Å²) < 4.78 is 44.2. The first-order chi connectivity index (χ1) is 16.3. The number of para-hydroxylation sites is 1. The van der Waals surface area contributed by atoms with Crippen LogP contribution in [0.4, 0.5) is 11.4 Å². The summed E-state index contributed by atoms with van der Waals surface area (Å²) in [5.41, 5.74) is 1.000. The summed E-state index contributed by atoms with van der Waals surface area (Å²) in [6.45, 7) is 4.42. The molecule has 180 valence electrons. The first-order valence-electron chi connectivity index (χ1n) is 10.7. The Labute approximate surface area is 200 Å². The summed E-state index contributed by atoms with van der Waals surface area (Å²) in [7, 11) is -1.04. The van der Waals surface area contributed by atoms with Crippen LogP contribution in [0.5, 0.6) is 17.2 Å². The third-order valence-electron chi connectivity index (χ3n) is 5.01. The van der Waals surface area contributed by atoms with Gasteiger partial charge >= 0.3 is 0 Å². The van der Waals surface area contributed by atoms with Crippen LogP contribution in [0.25, 0.3) is 0 Å². The standard InChI is InChI=1S/C25H28N2O6S/c1-5-32-23-16-15-20(17-24(23)33-6-2)34(29,30)27(3)22-10-8-7-9-21(22)25(28)26-18-11-13-19(31-4)14-12-18/h7-17H,5-6H2,1-4H3,(H,26,28). The summed E-state index contributed by atoms with van der Waals surface area (Å²) >= 11 is 0. The summed E-state index contributed by atoms with van der Waals surface area (Å²) in [6, 6.07) is 17.8. The van der Waals surface area contributed by atoms with E-state index < -0.39 is 15.9 Å². The van der Waals surface area contributed by atoms with E-state index in [4.69, 9.17) is 14.2 Å². The number of anilines is 2. The third-order valence-corrected chi connectivity index (χ3v) is 6.78. The minimum Gasteiger partial charge on any atom is -0.497 e. The Morgan fingerprint density at radius 2 is 1.56 bits per heavy atom. The molecule has 0 bridgehead atoms. The van der Waals surface area contributed by atoms with Crippen LogP contribution in [0.15, 0.2) is 71.6 Å². The number of methoxy groups -OCH3 is 1. The van der Waals surface area contributed by atoms with Crippen molar-refractivity contribution in [3.63, 3.8) is 0 Å². The van der Waals surface area contributed by atoms with Crippen LogP contribution in [0.1, 0.15) is 24.2 Å². The van der Waals surface area contributed by atoms with Gasteiger partial charge in [-0.25, -0.2) is 8.42 Å². The van der Waals surface area contributed by atoms with Gasteiger partial charge in [0.05, 0.1) is 36.5 Å². The Balaban J connectivity index is 1.93. The van der Waals surface area contributed by atoms with Gasteiger partial charge in [0.1, 0.15) is 5.75 Å². The van der Waals surface area contributed by atoms with Gasteiger partial charge in [0.2, 0.25) is 0 Å². The van der Waals surface area contributed by atoms with Gasteiger partial charge in [-0.05, 0) is 62.4 Å². The van der Waals surface area contributed by atoms with Crippen LogP contribution in [-0.4, -0.2) is 41.7 Å². The van der Waals surface area contributed by atoms with E-state index in [2.05, 4.69) is 5.32 Å². The molecule has 0 spiro atoms. The second-order valence-electron chi connectivity index (χ2n) is 7.15. The minimum absolute atomic E-state index is 0.0206. The SMILES string of the molecule is CCOc1ccc(S(=O)(=O)N(C)c2ccccc2C(=O)Nc2ccc(OC)cc2)cc1OCC. The number of nitrogens with one attached hydrogen (secondary N) is 1. The monoisotopic (exact) mass is 484 g/mol. The van der Waals surface area contributed by atoms with Crippen molar-refractivity contribution < 1.29 is 27.4 Å². The molecule has 8 nitrogen and oxygen atoms in total. The summed E-state index contributed by atoms with van der Waals surface area (Å²) in [5.74, 6) is 1.02. The number of nitrogens with zero attached hydrogens (tertiary/aromatic N) is 1. The lowest BCUT2D eigenvalue weighted by Crippen LogP contribution is -2.29. The topological polar surface area (TPSA) is 94.2 Å². The first kappa shape index (κ1) is 24.9. The molecule has 34 heavy (non-hydrogen) atoms. The molecular formula is C25H28N2O6S. The number of benzene rings is 3. The number of carbonyl (C=O) groups is 1. The lowest BCUT2D eigenvalue weighted by atomic mass is 10.1. The molecule has 0 atom stereocenters. The number of rotatable bonds is 10. The highest BCUT2D eigenvalue weighted by molar-refractivity contribution is 7.92. The molecule has 0 heterocycles. The molecule has 3 aromatic carbocycles. The fourth-order valence-corrected chi connectivity index (χ4v) is 4.52. The van der Waals surface area contributed by atoms with Crippen molar-refractivity contribution in [2.45, 2.75) is 18.7 Å². The normalized spacial score (nSPS) is 10.9. The Hall–Kier alpha value is -3.72. The Bertz CT molecular complexity index is 1240. The van der Waals surface area contributed by atoms with Crippen LogP contribution >= 0.6 is 0 Å². The van der Waals surface area contributed by atoms with E-state index in [9.17, 15) is 13.2 Å². The lowest BCUT2D eigenvalue weighted by molar-refractivity contribution is 0.102. The first-order valence-corrected chi connectivity index (χ1v) is 12.2. The number of hydrogen-bond acceptors (Lipinski definition) is 6. The zero-order valence-corrected chi connectivity index (χ0v) is 20.4. The Morgan fingerprint density at radius 1 is 0.912 bits per heavy atom. The van der Waals surface area contributed by atoms with Crippen molar-refractivity contribution in [2.75, 3.05) is 37.0 Å². The molecule has 0 saturated heterocycles. The van der Waals surface area contributed by atoms with Crippen molar-refractivity contribution in [2.24, 2.45) is 0 Å². The Morgan fingerprint density at radius 3 is 2.21 bits per heavy atom. The predicted octanol–water partition coefficient (Wildman–Crippen LogP) is 4.57. The second-order valence-corrected chi connectivity index (χ2v) is 9.12. The summed E-state index contributed by atoms with van der Waals surface area (Å²) in [4.78, 5) is 13.0. The average molecular weight is 485 g/mol. The maximum atomic E-state index is 13.4. The van der Waals surface area contributed by atoms with E-state index in [0.29, 0.717) is 36.1 Å². The fourth-order valence-electron chi connectivity index (χ4n) is 3.29. The van der Waals surface area contributed by atoms with E-state index in [1.54, 1.807) is 68.6 Å². The smallest absolute Gasteiger partial charge is 0.264 e. The molecule has 0 aromatic heterocycles. The van der Waals surface area contributed by atoms with Crippen LogP contribution in [-0.2, 0) is 10.0 Å². The quantitative estimate of drug-likeness (QED) is 0.453. The van der Waals surface area contributed by atoms with Gasteiger partial charge in [-0.15, -0.1) is 0 Å². The highest BCUT2D eigenvalue weighted by Gasteiger charge is 2.26. The van der Waals surface area contributed by atoms with Crippen LogP contribution in [0, 0.1) is 0 Å². The van der Waals surface area contributed by atoms with Crippen molar-refractivity contribution in [1.29, 1.82) is 0 Å². The predicted molar refractivity (Wildman–Crippen MR) is 132 cm³/mol. The number of sulfonamides is 1. The van der Waals surface area contributed by atoms with Gasteiger partial charge in [-0.1, -0.05) is 12.1 Å². The molecule has 0 radical (unpaired) electrons. The van der Waals surface area contributed by atoms with Gasteiger partial charge < -0.3 is 19.5 Å². The van der Waals surface area contributed by atoms with Crippen molar-refractivity contribution >= 4 is 27.3 Å². The zero-order chi connectivity index (χ0) is 24.7. The van der Waals surface area contributed by atoms with Crippen molar-refractivity contribution in [3.05, 3.63) is 72.3 Å². The molecule has 9 heteroatoms. The zero-order valence-electron chi connectivity index (χ0n) is 19.6. The molecule has 3 rings (SSSR count). The van der Waals surface area contributed by atoms with Gasteiger partial charge in [0.15, 0.2) is 11.5 Å². The van der Waals surface area contributed by atoms with E-state index in [-0.39, 0.29) is 16.1 Å². The highest BCUT2D eigenvalue weighted by Crippen LogP contribution is 2.33. The van der Waals surface area contributed by atoms with Crippen LogP contribution in [0.3, 0.4) is 0 Å². The lowest BCUT2D eigenvalue weighted by Gasteiger charge is -2.23. The highest BCUT2D eigenvalue weighted by atomic mass is 32.2. The molecular weight excluding hydrogens is 456 g/mol. The fraction of sp³-hybridized carbons (Fsp3) is 0.240. The average Bonchev–Trinajstić information content (AvgIpc) is 2.85. The van der Waals surface area contributed by atoms with Crippen LogP contribution in [0.2, 0.25) is 0 Å². The number of hydrogen-bond donors (Lipinski definition) is 1. The Kier molecular flexibility index (Phi) is 8.01. The number of amides is 1. The van der Waals surface area contributed by atoms with Gasteiger partial charge in [-0.2, -0.15) is 0 Å². The molecule has 3 aromatic rings. The second kappa shape index (κ2) is 10.9. The number of ether oxygens (including phenoxy) is 3. The molecule has 0 saturated carbocycles. The van der Waals surface area contributed by atoms with E-state index in [0.717, 1.165) is 4.31 Å². The molecule has 1 amide bonds. The maximum Gasteiger partial charge on any atom is 0.264 e. The largest absolute Gasteiger partial charge is 0.497 e. The van der Waals surface area contributed by atoms with Gasteiger partial charge in [-0.3, -0.25) is 9.10 Å².